The van der Waals surface area contributed by atoms with Gasteiger partial charge < -0.3 is 24.2 Å². The minimum Gasteiger partial charge on any atom is -0.493 e. The molecule has 2 atom stereocenters. The summed E-state index contributed by atoms with van der Waals surface area (Å²) in [6, 6.07) is 3.53. The quantitative estimate of drug-likeness (QED) is 0.637. The van der Waals surface area contributed by atoms with Crippen LogP contribution in [0.5, 0.6) is 11.5 Å². The number of benzene rings is 1. The number of aliphatic hydroxyl groups is 1. The number of amides is 1. The first-order valence-electron chi connectivity index (χ1n) is 10.6. The van der Waals surface area contributed by atoms with Crippen molar-refractivity contribution in [2.45, 2.75) is 71.6 Å². The first kappa shape index (κ1) is 24.1. The van der Waals surface area contributed by atoms with Gasteiger partial charge in [0.15, 0.2) is 11.5 Å². The average Bonchev–Trinajstić information content (AvgIpc) is 2.64. The zero-order valence-electron chi connectivity index (χ0n) is 19.4. The molecule has 168 valence electrons. The molecule has 1 aliphatic heterocycles. The number of ether oxygens (including phenoxy) is 3. The lowest BCUT2D eigenvalue weighted by molar-refractivity contribution is 0.00895. The third-order valence-corrected chi connectivity index (χ3v) is 5.22. The maximum atomic E-state index is 13.0. The normalized spacial score (nSPS) is 17.4. The Balaban J connectivity index is 2.42. The predicted molar refractivity (Wildman–Crippen MR) is 118 cm³/mol. The number of carbonyl (C=O) groups is 1. The maximum Gasteiger partial charge on any atom is 0.410 e. The molecule has 0 radical (unpaired) electrons. The van der Waals surface area contributed by atoms with Gasteiger partial charge in [-0.25, -0.2) is 4.79 Å². The van der Waals surface area contributed by atoms with E-state index in [2.05, 4.69) is 20.4 Å². The Morgan fingerprint density at radius 3 is 2.37 bits per heavy atom. The molecule has 0 saturated carbocycles. The van der Waals surface area contributed by atoms with Crippen LogP contribution in [0.15, 0.2) is 24.3 Å². The van der Waals surface area contributed by atoms with Gasteiger partial charge in [-0.2, -0.15) is 0 Å². The van der Waals surface area contributed by atoms with Crippen molar-refractivity contribution in [2.24, 2.45) is 5.92 Å². The highest BCUT2D eigenvalue weighted by molar-refractivity contribution is 5.70. The van der Waals surface area contributed by atoms with E-state index < -0.39 is 11.7 Å². The number of hydrogen-bond acceptors (Lipinski definition) is 5. The van der Waals surface area contributed by atoms with E-state index in [0.717, 1.165) is 23.1 Å². The van der Waals surface area contributed by atoms with Gasteiger partial charge in [-0.3, -0.25) is 0 Å². The molecule has 0 fully saturated rings. The van der Waals surface area contributed by atoms with Gasteiger partial charge in [-0.05, 0) is 68.4 Å². The highest BCUT2D eigenvalue weighted by Crippen LogP contribution is 2.41. The van der Waals surface area contributed by atoms with Crippen LogP contribution in [-0.2, 0) is 11.2 Å². The third kappa shape index (κ3) is 5.91. The Morgan fingerprint density at radius 1 is 1.23 bits per heavy atom. The molecule has 0 unspecified atom stereocenters. The molecule has 1 amide bonds. The van der Waals surface area contributed by atoms with Gasteiger partial charge >= 0.3 is 6.09 Å². The van der Waals surface area contributed by atoms with Crippen LogP contribution in [0, 0.1) is 5.92 Å². The lowest BCUT2D eigenvalue weighted by Gasteiger charge is -2.39. The van der Waals surface area contributed by atoms with Gasteiger partial charge in [0.2, 0.25) is 0 Å². The molecule has 2 rings (SSSR count). The summed E-state index contributed by atoms with van der Waals surface area (Å²) in [6.07, 6.45) is 0.664. The molecule has 1 aromatic rings. The largest absolute Gasteiger partial charge is 0.493 e. The van der Waals surface area contributed by atoms with Gasteiger partial charge in [0.1, 0.15) is 5.60 Å². The van der Waals surface area contributed by atoms with Crippen LogP contribution < -0.4 is 9.47 Å². The molecule has 6 heteroatoms. The van der Waals surface area contributed by atoms with Crippen molar-refractivity contribution >= 4 is 6.09 Å². The fraction of sp³-hybridized carbons (Fsp3) is 0.625. The van der Waals surface area contributed by atoms with E-state index in [-0.39, 0.29) is 12.1 Å². The van der Waals surface area contributed by atoms with Crippen molar-refractivity contribution in [1.29, 1.82) is 0 Å². The number of aliphatic hydroxyl groups excluding tert-OH is 1. The summed E-state index contributed by atoms with van der Waals surface area (Å²) in [6.45, 7) is 14.3. The standard InChI is InChI=1S/C24H37NO5/c1-15(2)11-16(3)20(26)14-19-18-13-22(29-8)21(28-7)12-17(18)9-10-25(19)23(27)30-24(4,5)6/h12-13,15,19-20,26H,3,9-11,14H2,1-2,4-8H3/t19-,20+/m0/s1. The van der Waals surface area contributed by atoms with Gasteiger partial charge in [0, 0.05) is 13.0 Å². The van der Waals surface area contributed by atoms with E-state index in [0.29, 0.717) is 36.8 Å². The zero-order chi connectivity index (χ0) is 22.6. The molecule has 1 N–H and O–H groups in total. The topological polar surface area (TPSA) is 68.2 Å². The number of methoxy groups -OCH3 is 2. The molecule has 0 spiro atoms. The minimum absolute atomic E-state index is 0.345. The Morgan fingerprint density at radius 2 is 1.83 bits per heavy atom. The second-order valence-electron chi connectivity index (χ2n) is 9.35. The van der Waals surface area contributed by atoms with E-state index in [1.807, 2.05) is 32.9 Å². The summed E-state index contributed by atoms with van der Waals surface area (Å²) < 4.78 is 16.6. The molecule has 1 aromatic carbocycles. The Hall–Kier alpha value is -2.21. The van der Waals surface area contributed by atoms with Crippen LogP contribution in [0.2, 0.25) is 0 Å². The van der Waals surface area contributed by atoms with Crippen LogP contribution in [0.3, 0.4) is 0 Å². The molecule has 30 heavy (non-hydrogen) atoms. The van der Waals surface area contributed by atoms with Crippen LogP contribution in [0.1, 0.15) is 64.6 Å². The number of hydrogen-bond donors (Lipinski definition) is 1. The molecule has 1 heterocycles. The van der Waals surface area contributed by atoms with Gasteiger partial charge in [0.05, 0.1) is 26.4 Å². The lowest BCUT2D eigenvalue weighted by atomic mass is 9.86. The zero-order valence-corrected chi connectivity index (χ0v) is 19.4. The number of carbonyl (C=O) groups excluding carboxylic acids is 1. The summed E-state index contributed by atoms with van der Waals surface area (Å²) in [5.74, 6) is 1.66. The van der Waals surface area contributed by atoms with Crippen molar-refractivity contribution in [2.75, 3.05) is 20.8 Å². The molecular formula is C24H37NO5. The summed E-state index contributed by atoms with van der Waals surface area (Å²) in [7, 11) is 3.20. The predicted octanol–water partition coefficient (Wildman–Crippen LogP) is 4.89. The van der Waals surface area contributed by atoms with E-state index in [1.54, 1.807) is 19.1 Å². The van der Waals surface area contributed by atoms with E-state index >= 15 is 0 Å². The molecule has 6 nitrogen and oxygen atoms in total. The van der Waals surface area contributed by atoms with Crippen molar-refractivity contribution in [1.82, 2.24) is 4.90 Å². The first-order valence-corrected chi connectivity index (χ1v) is 10.6. The van der Waals surface area contributed by atoms with Gasteiger partial charge in [-0.15, -0.1) is 0 Å². The molecule has 0 saturated heterocycles. The SMILES string of the molecule is C=C(CC(C)C)[C@H](O)C[C@H]1c2cc(OC)c(OC)cc2CCN1C(=O)OC(C)(C)C. The molecule has 0 bridgehead atoms. The monoisotopic (exact) mass is 419 g/mol. The number of fused-ring (bicyclic) bond motifs is 1. The average molecular weight is 420 g/mol. The fourth-order valence-electron chi connectivity index (χ4n) is 3.86. The van der Waals surface area contributed by atoms with Crippen molar-refractivity contribution in [3.8, 4) is 11.5 Å². The number of rotatable bonds is 7. The summed E-state index contributed by atoms with van der Waals surface area (Å²) in [5.41, 5.74) is 2.21. The van der Waals surface area contributed by atoms with E-state index in [9.17, 15) is 9.90 Å². The van der Waals surface area contributed by atoms with Crippen LogP contribution in [0.4, 0.5) is 4.79 Å². The smallest absolute Gasteiger partial charge is 0.410 e. The van der Waals surface area contributed by atoms with Crippen LogP contribution in [0.25, 0.3) is 0 Å². The minimum atomic E-state index is -0.721. The van der Waals surface area contributed by atoms with Crippen molar-refractivity contribution in [3.05, 3.63) is 35.4 Å². The summed E-state index contributed by atoms with van der Waals surface area (Å²) in [4.78, 5) is 14.7. The van der Waals surface area contributed by atoms with Gasteiger partial charge in [0.25, 0.3) is 0 Å². The third-order valence-electron chi connectivity index (χ3n) is 5.22. The maximum absolute atomic E-state index is 13.0. The Labute approximate surface area is 180 Å². The van der Waals surface area contributed by atoms with E-state index in [1.165, 1.54) is 0 Å². The summed E-state index contributed by atoms with van der Waals surface area (Å²) >= 11 is 0. The fourth-order valence-corrected chi connectivity index (χ4v) is 3.86. The first-order chi connectivity index (χ1) is 14.0. The van der Waals surface area contributed by atoms with Crippen LogP contribution in [-0.4, -0.2) is 48.6 Å². The Bertz CT molecular complexity index is 766. The number of nitrogens with zero attached hydrogens (tertiary/aromatic N) is 1. The van der Waals surface area contributed by atoms with Crippen LogP contribution >= 0.6 is 0 Å². The van der Waals surface area contributed by atoms with E-state index in [4.69, 9.17) is 14.2 Å². The van der Waals surface area contributed by atoms with Crippen molar-refractivity contribution in [3.63, 3.8) is 0 Å². The lowest BCUT2D eigenvalue weighted by Crippen LogP contribution is -2.44. The second kappa shape index (κ2) is 9.73. The Kier molecular flexibility index (Phi) is 7.81. The molecule has 0 aromatic heterocycles. The highest BCUT2D eigenvalue weighted by Gasteiger charge is 2.36. The molecule has 1 aliphatic rings. The van der Waals surface area contributed by atoms with Crippen molar-refractivity contribution < 1.29 is 24.1 Å². The highest BCUT2D eigenvalue weighted by atomic mass is 16.6. The van der Waals surface area contributed by atoms with Gasteiger partial charge in [-0.1, -0.05) is 20.4 Å². The second-order valence-corrected chi connectivity index (χ2v) is 9.35. The summed E-state index contributed by atoms with van der Waals surface area (Å²) in [5, 5.41) is 10.9. The molecular weight excluding hydrogens is 382 g/mol. The molecule has 0 aliphatic carbocycles.